The average molecular weight is 440 g/mol. The van der Waals surface area contributed by atoms with Crippen molar-refractivity contribution >= 4 is 40.3 Å². The second kappa shape index (κ2) is 8.69. The van der Waals surface area contributed by atoms with Gasteiger partial charge in [-0.1, -0.05) is 72.3 Å². The number of benzene rings is 4. The molecule has 32 heavy (non-hydrogen) atoms. The van der Waals surface area contributed by atoms with Crippen LogP contribution in [-0.4, -0.2) is 11.9 Å². The predicted octanol–water partition coefficient (Wildman–Crippen LogP) is 6.42. The van der Waals surface area contributed by atoms with Crippen LogP contribution in [0.5, 0.6) is 5.75 Å². The number of cyclic esters (lactones) is 1. The summed E-state index contributed by atoms with van der Waals surface area (Å²) in [4.78, 5) is 16.6. The lowest BCUT2D eigenvalue weighted by molar-refractivity contribution is -0.129. The number of nitrogens with zero attached hydrogens (tertiary/aromatic N) is 1. The van der Waals surface area contributed by atoms with Gasteiger partial charge in [-0.15, -0.1) is 0 Å². The molecule has 0 amide bonds. The lowest BCUT2D eigenvalue weighted by Crippen LogP contribution is -2.05. The maximum atomic E-state index is 12.3. The summed E-state index contributed by atoms with van der Waals surface area (Å²) in [5, 5.41) is 2.90. The van der Waals surface area contributed by atoms with E-state index in [4.69, 9.17) is 21.1 Å². The van der Waals surface area contributed by atoms with Gasteiger partial charge in [-0.2, -0.15) is 0 Å². The fourth-order valence-electron chi connectivity index (χ4n) is 3.59. The van der Waals surface area contributed by atoms with Gasteiger partial charge >= 0.3 is 5.97 Å². The summed E-state index contributed by atoms with van der Waals surface area (Å²) in [6.07, 6.45) is 1.69. The third kappa shape index (κ3) is 4.27. The molecule has 0 saturated carbocycles. The number of fused-ring (bicyclic) bond motifs is 1. The van der Waals surface area contributed by atoms with Gasteiger partial charge in [0.25, 0.3) is 0 Å². The summed E-state index contributed by atoms with van der Waals surface area (Å²) in [6.45, 7) is 0.445. The van der Waals surface area contributed by atoms with E-state index in [2.05, 4.69) is 29.3 Å². The molecule has 0 saturated heterocycles. The number of carbonyl (C=O) groups excluding carboxylic acids is 1. The minimum atomic E-state index is -0.498. The van der Waals surface area contributed by atoms with Crippen molar-refractivity contribution in [1.29, 1.82) is 0 Å². The molecule has 156 valence electrons. The first-order valence-corrected chi connectivity index (χ1v) is 10.5. The van der Waals surface area contributed by atoms with E-state index >= 15 is 0 Å². The Bertz CT molecular complexity index is 1390. The van der Waals surface area contributed by atoms with E-state index in [-0.39, 0.29) is 11.6 Å². The summed E-state index contributed by atoms with van der Waals surface area (Å²) >= 11 is 6.03. The minimum Gasteiger partial charge on any atom is -0.489 e. The van der Waals surface area contributed by atoms with Crippen molar-refractivity contribution in [1.82, 2.24) is 0 Å². The monoisotopic (exact) mass is 439 g/mol. The topological polar surface area (TPSA) is 47.9 Å². The van der Waals surface area contributed by atoms with Gasteiger partial charge in [-0.25, -0.2) is 9.79 Å². The third-order valence-corrected chi connectivity index (χ3v) is 5.36. The highest BCUT2D eigenvalue weighted by Gasteiger charge is 2.24. The van der Waals surface area contributed by atoms with Crippen molar-refractivity contribution in [2.75, 3.05) is 0 Å². The maximum Gasteiger partial charge on any atom is 0.363 e. The highest BCUT2D eigenvalue weighted by atomic mass is 35.5. The second-order valence-electron chi connectivity index (χ2n) is 7.35. The van der Waals surface area contributed by atoms with Gasteiger partial charge in [0.05, 0.1) is 0 Å². The van der Waals surface area contributed by atoms with Crippen molar-refractivity contribution in [3.63, 3.8) is 0 Å². The average Bonchev–Trinajstić information content (AvgIpc) is 3.18. The molecule has 0 spiro atoms. The van der Waals surface area contributed by atoms with Crippen LogP contribution >= 0.6 is 11.6 Å². The molecule has 0 aliphatic carbocycles. The molecule has 4 nitrogen and oxygen atoms in total. The third-order valence-electron chi connectivity index (χ3n) is 5.13. The van der Waals surface area contributed by atoms with Crippen LogP contribution in [0.3, 0.4) is 0 Å². The highest BCUT2D eigenvalue weighted by molar-refractivity contribution is 6.31. The molecule has 1 aliphatic heterocycles. The molecule has 0 radical (unpaired) electrons. The molecule has 4 aromatic rings. The van der Waals surface area contributed by atoms with Crippen LogP contribution in [0.15, 0.2) is 102 Å². The van der Waals surface area contributed by atoms with Gasteiger partial charge in [-0.05, 0) is 58.3 Å². The number of ether oxygens (including phenoxy) is 2. The van der Waals surface area contributed by atoms with Crippen LogP contribution in [-0.2, 0) is 16.1 Å². The largest absolute Gasteiger partial charge is 0.489 e. The van der Waals surface area contributed by atoms with Crippen molar-refractivity contribution in [3.05, 3.63) is 118 Å². The van der Waals surface area contributed by atoms with E-state index in [0.29, 0.717) is 22.9 Å². The number of carbonyl (C=O) groups is 1. The lowest BCUT2D eigenvalue weighted by atomic mass is 10.1. The Balaban J connectivity index is 1.36. The van der Waals surface area contributed by atoms with Crippen LogP contribution in [0.25, 0.3) is 16.8 Å². The summed E-state index contributed by atoms with van der Waals surface area (Å²) < 4.78 is 11.4. The van der Waals surface area contributed by atoms with Crippen LogP contribution in [0.1, 0.15) is 16.7 Å². The van der Waals surface area contributed by atoms with E-state index in [1.807, 2.05) is 42.5 Å². The van der Waals surface area contributed by atoms with Crippen molar-refractivity contribution < 1.29 is 14.3 Å². The molecule has 4 aromatic carbocycles. The zero-order valence-electron chi connectivity index (χ0n) is 17.0. The normalized spacial score (nSPS) is 14.5. The Morgan fingerprint density at radius 3 is 2.62 bits per heavy atom. The lowest BCUT2D eigenvalue weighted by Gasteiger charge is -2.09. The number of rotatable bonds is 5. The van der Waals surface area contributed by atoms with Crippen LogP contribution in [0, 0.1) is 0 Å². The van der Waals surface area contributed by atoms with E-state index < -0.39 is 5.97 Å². The molecule has 1 aliphatic rings. The zero-order chi connectivity index (χ0) is 21.9. The van der Waals surface area contributed by atoms with Crippen molar-refractivity contribution in [3.8, 4) is 5.75 Å². The van der Waals surface area contributed by atoms with Crippen LogP contribution in [0.2, 0.25) is 5.02 Å². The summed E-state index contributed by atoms with van der Waals surface area (Å²) in [7, 11) is 0. The SMILES string of the molecule is O=C1OC(c2cccc(Cl)c2)=N/C1=C/c1cccc(OCc2cccc3ccccc23)c1. The molecule has 0 aromatic heterocycles. The molecule has 0 atom stereocenters. The summed E-state index contributed by atoms with van der Waals surface area (Å²) in [6, 6.07) is 29.0. The Labute approximate surface area is 190 Å². The molecular weight excluding hydrogens is 422 g/mol. The summed E-state index contributed by atoms with van der Waals surface area (Å²) in [5.41, 5.74) is 2.79. The van der Waals surface area contributed by atoms with E-state index in [9.17, 15) is 4.79 Å². The number of aliphatic imine (C=N–C) groups is 1. The number of hydrogen-bond donors (Lipinski definition) is 0. The van der Waals surface area contributed by atoms with E-state index in [1.54, 1.807) is 30.3 Å². The Kier molecular flexibility index (Phi) is 5.44. The molecule has 5 heteroatoms. The Morgan fingerprint density at radius 2 is 1.72 bits per heavy atom. The van der Waals surface area contributed by atoms with Crippen LogP contribution < -0.4 is 4.74 Å². The minimum absolute atomic E-state index is 0.228. The molecule has 0 fully saturated rings. The fourth-order valence-corrected chi connectivity index (χ4v) is 3.78. The van der Waals surface area contributed by atoms with Gasteiger partial charge in [0.1, 0.15) is 12.4 Å². The number of halogens is 1. The first-order valence-electron chi connectivity index (χ1n) is 10.1. The second-order valence-corrected chi connectivity index (χ2v) is 7.78. The maximum absolute atomic E-state index is 12.3. The molecule has 0 bridgehead atoms. The van der Waals surface area contributed by atoms with Gasteiger partial charge in [-0.3, -0.25) is 0 Å². The molecular formula is C27H18ClNO3. The van der Waals surface area contributed by atoms with Gasteiger partial charge in [0, 0.05) is 10.6 Å². The predicted molar refractivity (Wildman–Crippen MR) is 127 cm³/mol. The van der Waals surface area contributed by atoms with Gasteiger partial charge in [0.2, 0.25) is 5.90 Å². The van der Waals surface area contributed by atoms with E-state index in [0.717, 1.165) is 11.1 Å². The fraction of sp³-hybridized carbons (Fsp3) is 0.0370. The molecule has 0 N–H and O–H groups in total. The standard InChI is InChI=1S/C27H18ClNO3/c28-22-11-5-9-20(16-22)26-29-25(27(30)32-26)15-18-6-3-12-23(14-18)31-17-21-10-4-8-19-7-1-2-13-24(19)21/h1-16H,17H2/b25-15+. The number of esters is 1. The van der Waals surface area contributed by atoms with E-state index in [1.165, 1.54) is 10.8 Å². The first-order chi connectivity index (χ1) is 15.7. The van der Waals surface area contributed by atoms with Crippen LogP contribution in [0.4, 0.5) is 0 Å². The Hall–Kier alpha value is -3.89. The van der Waals surface area contributed by atoms with Gasteiger partial charge in [0.15, 0.2) is 5.70 Å². The first kappa shape index (κ1) is 20.0. The highest BCUT2D eigenvalue weighted by Crippen LogP contribution is 2.24. The smallest absolute Gasteiger partial charge is 0.363 e. The summed E-state index contributed by atoms with van der Waals surface area (Å²) in [5.74, 6) is 0.451. The quantitative estimate of drug-likeness (QED) is 0.266. The Morgan fingerprint density at radius 1 is 0.906 bits per heavy atom. The van der Waals surface area contributed by atoms with Gasteiger partial charge < -0.3 is 9.47 Å². The molecule has 1 heterocycles. The molecule has 0 unspecified atom stereocenters. The van der Waals surface area contributed by atoms with Crippen molar-refractivity contribution in [2.24, 2.45) is 4.99 Å². The zero-order valence-corrected chi connectivity index (χ0v) is 17.8. The van der Waals surface area contributed by atoms with Crippen molar-refractivity contribution in [2.45, 2.75) is 6.61 Å². The molecule has 5 rings (SSSR count). The number of hydrogen-bond acceptors (Lipinski definition) is 4.